The molecule has 0 aromatic rings. The van der Waals surface area contributed by atoms with Crippen molar-refractivity contribution in [2.24, 2.45) is 0 Å². The molecule has 4 nitrogen and oxygen atoms in total. The molecule has 7 heteroatoms. The molecule has 0 radical (unpaired) electrons. The minimum atomic E-state index is -0.900. The van der Waals surface area contributed by atoms with Crippen LogP contribution in [0.3, 0.4) is 0 Å². The van der Waals surface area contributed by atoms with Crippen LogP contribution >= 0.6 is 0 Å². The predicted molar refractivity (Wildman–Crippen MR) is 107 cm³/mol. The zero-order valence-corrected chi connectivity index (χ0v) is 21.5. The van der Waals surface area contributed by atoms with Gasteiger partial charge in [0.1, 0.15) is 0 Å². The molecule has 25 heavy (non-hydrogen) atoms. The molecule has 0 aromatic carbocycles. The van der Waals surface area contributed by atoms with Crippen LogP contribution in [0.2, 0.25) is 19.6 Å². The summed E-state index contributed by atoms with van der Waals surface area (Å²) < 4.78 is 0. The molecule has 0 rings (SSSR count). The summed E-state index contributed by atoms with van der Waals surface area (Å²) in [4.78, 5) is 0. The second kappa shape index (κ2) is 32.6. The second-order valence-corrected chi connectivity index (χ2v) is 12.2. The summed E-state index contributed by atoms with van der Waals surface area (Å²) >= 11 is 0. The Bertz CT molecular complexity index is 185. The Labute approximate surface area is 186 Å². The van der Waals surface area contributed by atoms with E-state index in [2.05, 4.69) is 32.3 Å². The number of hydrogen-bond acceptors (Lipinski definition) is 4. The van der Waals surface area contributed by atoms with Gasteiger partial charge in [0.05, 0.1) is 0 Å². The van der Waals surface area contributed by atoms with Gasteiger partial charge in [0, 0.05) is 46.1 Å². The molecular formula is C18H45LiO4SiTi. The van der Waals surface area contributed by atoms with E-state index in [9.17, 15) is 0 Å². The van der Waals surface area contributed by atoms with Crippen LogP contribution in [0.1, 0.15) is 55.4 Å². The first-order valence-electron chi connectivity index (χ1n) is 8.18. The van der Waals surface area contributed by atoms with Crippen LogP contribution in [0.15, 0.2) is 11.8 Å². The smallest absolute Gasteiger partial charge is 0.394 e. The predicted octanol–water partition coefficient (Wildman–Crippen LogP) is 0.804. The van der Waals surface area contributed by atoms with Crippen molar-refractivity contribution in [1.82, 2.24) is 0 Å². The maximum atomic E-state index is 8.06. The van der Waals surface area contributed by atoms with E-state index in [0.717, 1.165) is 0 Å². The Morgan fingerprint density at radius 1 is 0.640 bits per heavy atom. The Hall–Kier alpha value is 0.979. The van der Waals surface area contributed by atoms with Gasteiger partial charge in [0.2, 0.25) is 0 Å². The third kappa shape index (κ3) is 532. The van der Waals surface area contributed by atoms with Crippen LogP contribution < -0.4 is 18.9 Å². The van der Waals surface area contributed by atoms with Gasteiger partial charge >= 0.3 is 18.9 Å². The van der Waals surface area contributed by atoms with Crippen LogP contribution in [0.25, 0.3) is 0 Å². The third-order valence-electron chi connectivity index (χ3n) is 0.618. The summed E-state index contributed by atoms with van der Waals surface area (Å²) in [6, 6.07) is 0. The summed E-state index contributed by atoms with van der Waals surface area (Å²) in [5, 5.41) is 32.2. The van der Waals surface area contributed by atoms with E-state index in [1.807, 2.05) is 6.08 Å². The quantitative estimate of drug-likeness (QED) is 0.382. The molecule has 0 fully saturated rings. The van der Waals surface area contributed by atoms with Crippen molar-refractivity contribution in [3.8, 4) is 0 Å². The number of aliphatic hydroxyl groups is 4. The summed E-state index contributed by atoms with van der Waals surface area (Å²) in [7, 11) is -0.900. The van der Waals surface area contributed by atoms with E-state index in [-0.39, 0.29) is 65.0 Å². The van der Waals surface area contributed by atoms with Gasteiger partial charge in [-0.3, -0.25) is 0 Å². The third-order valence-corrected chi connectivity index (χ3v) is 1.85. The van der Waals surface area contributed by atoms with Gasteiger partial charge in [0.15, 0.2) is 0 Å². The maximum absolute atomic E-state index is 8.06. The molecular weight excluding hydrogens is 363 g/mol. The average molecular weight is 408 g/mol. The molecule has 0 aromatic heterocycles. The number of rotatable bonds is 1. The van der Waals surface area contributed by atoms with Crippen LogP contribution in [-0.4, -0.2) is 52.9 Å². The van der Waals surface area contributed by atoms with Crippen LogP contribution in [0.4, 0.5) is 0 Å². The second-order valence-electron chi connectivity index (χ2n) is 7.14. The molecule has 0 aliphatic heterocycles. The SMILES string of the molecule is CC(C)O.CC(C)O.CC(C)O.CC(C)O.[CH2-]/C=C/[Si](C)(C)C.[Li+].[Ti]. The molecule has 0 aliphatic carbocycles. The molecule has 0 heterocycles. The van der Waals surface area contributed by atoms with Crippen molar-refractivity contribution in [3.63, 3.8) is 0 Å². The molecule has 0 saturated heterocycles. The fourth-order valence-electron chi connectivity index (χ4n) is 0.354. The Kier molecular flexibility index (Phi) is 58.7. The molecule has 0 bridgehead atoms. The molecule has 150 valence electrons. The average Bonchev–Trinajstić information content (AvgIpc) is 2.09. The molecule has 0 aliphatic rings. The maximum Gasteiger partial charge on any atom is 1.00 e. The summed E-state index contributed by atoms with van der Waals surface area (Å²) in [5.74, 6) is 0. The summed E-state index contributed by atoms with van der Waals surface area (Å²) in [6.45, 7) is 24.3. The zero-order chi connectivity index (χ0) is 20.2. The van der Waals surface area contributed by atoms with E-state index < -0.39 is 8.07 Å². The van der Waals surface area contributed by atoms with Gasteiger partial charge in [-0.05, 0) is 63.5 Å². The first-order valence-corrected chi connectivity index (χ1v) is 11.8. The topological polar surface area (TPSA) is 80.9 Å². The van der Waals surface area contributed by atoms with Gasteiger partial charge in [-0.25, -0.2) is 18.7 Å². The fraction of sp³-hybridized carbons (Fsp3) is 0.833. The summed E-state index contributed by atoms with van der Waals surface area (Å²) in [5.41, 5.74) is 2.22. The Balaban J connectivity index is -0.0000000326. The van der Waals surface area contributed by atoms with E-state index >= 15 is 0 Å². The standard InChI is InChI=1S/C6H13Si.4C3H8O.Li.Ti/c1-5-6-7(2,3)4;4*1-3(2)4;;/h5-6H,1H2,2-4H3;4*3-4H,1-2H3;;/q-1;;;;;+1;/b6-5+;;;;;;. The van der Waals surface area contributed by atoms with Crippen LogP contribution in [0.5, 0.6) is 0 Å². The summed E-state index contributed by atoms with van der Waals surface area (Å²) in [6.07, 6.45) is 1.23. The van der Waals surface area contributed by atoms with Gasteiger partial charge < -0.3 is 20.4 Å². The van der Waals surface area contributed by atoms with E-state index in [0.29, 0.717) is 0 Å². The van der Waals surface area contributed by atoms with E-state index in [1.165, 1.54) is 0 Å². The van der Waals surface area contributed by atoms with Gasteiger partial charge in [-0.1, -0.05) is 19.6 Å². The number of allylic oxidation sites excluding steroid dienone is 1. The Morgan fingerprint density at radius 2 is 0.760 bits per heavy atom. The molecule has 0 atom stereocenters. The van der Waals surface area contributed by atoms with Crippen LogP contribution in [-0.2, 0) is 21.7 Å². The first-order chi connectivity index (χ1) is 9.99. The van der Waals surface area contributed by atoms with Gasteiger partial charge in [-0.15, -0.1) is 0 Å². The van der Waals surface area contributed by atoms with E-state index in [1.54, 1.807) is 55.4 Å². The first kappa shape index (κ1) is 45.0. The molecule has 0 amide bonds. The van der Waals surface area contributed by atoms with Crippen LogP contribution in [0, 0.1) is 6.92 Å². The monoisotopic (exact) mass is 408 g/mol. The van der Waals surface area contributed by atoms with Crippen molar-refractivity contribution in [2.75, 3.05) is 0 Å². The normalized spacial score (nSPS) is 9.40. The largest absolute Gasteiger partial charge is 1.00 e. The fourth-order valence-corrected chi connectivity index (χ4v) is 1.06. The van der Waals surface area contributed by atoms with E-state index in [4.69, 9.17) is 20.4 Å². The molecule has 0 unspecified atom stereocenters. The van der Waals surface area contributed by atoms with Crippen molar-refractivity contribution in [2.45, 2.75) is 99.4 Å². The molecule has 4 N–H and O–H groups in total. The zero-order valence-electron chi connectivity index (χ0n) is 19.0. The Morgan fingerprint density at radius 3 is 0.760 bits per heavy atom. The van der Waals surface area contributed by atoms with Crippen molar-refractivity contribution in [1.29, 1.82) is 0 Å². The minimum absolute atomic E-state index is 0. The molecule has 0 spiro atoms. The minimum Gasteiger partial charge on any atom is -0.394 e. The number of hydrogen-bond donors (Lipinski definition) is 4. The molecule has 0 saturated carbocycles. The van der Waals surface area contributed by atoms with Gasteiger partial charge in [-0.2, -0.15) is 0 Å². The van der Waals surface area contributed by atoms with Crippen molar-refractivity contribution >= 4 is 8.07 Å². The van der Waals surface area contributed by atoms with Crippen molar-refractivity contribution in [3.05, 3.63) is 18.7 Å². The van der Waals surface area contributed by atoms with Gasteiger partial charge in [0.25, 0.3) is 0 Å². The van der Waals surface area contributed by atoms with Crippen molar-refractivity contribution < 1.29 is 61.0 Å². The number of aliphatic hydroxyl groups excluding tert-OH is 4.